The highest BCUT2D eigenvalue weighted by Gasteiger charge is 2.44. The van der Waals surface area contributed by atoms with Gasteiger partial charge in [-0.15, -0.1) is 0 Å². The van der Waals surface area contributed by atoms with Gasteiger partial charge in [0, 0.05) is 29.7 Å². The highest BCUT2D eigenvalue weighted by molar-refractivity contribution is 5.63. The number of hydrogen-bond donors (Lipinski definition) is 2. The first-order valence-electron chi connectivity index (χ1n) is 9.02. The smallest absolute Gasteiger partial charge is 0.313 e. The van der Waals surface area contributed by atoms with Gasteiger partial charge < -0.3 is 4.98 Å². The van der Waals surface area contributed by atoms with Crippen LogP contribution in [0.3, 0.4) is 0 Å². The molecule has 1 fully saturated rings. The molecular weight excluding hydrogens is 394 g/mol. The van der Waals surface area contributed by atoms with Crippen LogP contribution >= 0.6 is 0 Å². The minimum atomic E-state index is -0.759. The Balaban J connectivity index is 1.61. The van der Waals surface area contributed by atoms with Gasteiger partial charge in [0.05, 0.1) is 22.9 Å². The van der Waals surface area contributed by atoms with E-state index >= 15 is 0 Å². The number of imidazole rings is 1. The maximum Gasteiger partial charge on any atom is 0.325 e. The molecule has 0 amide bonds. The van der Waals surface area contributed by atoms with Gasteiger partial charge >= 0.3 is 5.69 Å². The van der Waals surface area contributed by atoms with Crippen molar-refractivity contribution in [3.8, 4) is 17.3 Å². The lowest BCUT2D eigenvalue weighted by Gasteiger charge is -2.08. The summed E-state index contributed by atoms with van der Waals surface area (Å²) in [5.74, 6) is -2.19. The fourth-order valence-corrected chi connectivity index (χ4v) is 3.81. The van der Waals surface area contributed by atoms with Crippen molar-refractivity contribution in [2.24, 2.45) is 0 Å². The van der Waals surface area contributed by atoms with Crippen LogP contribution in [-0.2, 0) is 0 Å². The Morgan fingerprint density at radius 3 is 2.63 bits per heavy atom. The van der Waals surface area contributed by atoms with Crippen molar-refractivity contribution in [3.05, 3.63) is 86.0 Å². The average Bonchev–Trinajstić information content (AvgIpc) is 3.32. The normalized spacial score (nSPS) is 17.8. The Morgan fingerprint density at radius 2 is 1.93 bits per heavy atom. The topological polar surface area (TPSA) is 120 Å². The standard InChI is InChI=1S/C20H12F2N6O2/c21-14-3-9(7-23)4-15(22)17(14)11-5-10(11)12-6-16(27-28-2-1-24-18(12)28)13-8-25-20(30)26-19(13)29/h1-4,6,8,10-11H,5H2,(H2,25,26,29,30)/t10-,11-/m0/s1. The van der Waals surface area contributed by atoms with Crippen LogP contribution in [0.25, 0.3) is 16.9 Å². The summed E-state index contributed by atoms with van der Waals surface area (Å²) in [4.78, 5) is 32.3. The molecule has 0 saturated heterocycles. The largest absolute Gasteiger partial charge is 0.325 e. The van der Waals surface area contributed by atoms with Gasteiger partial charge in [-0.3, -0.25) is 9.78 Å². The molecule has 10 heteroatoms. The van der Waals surface area contributed by atoms with Crippen molar-refractivity contribution in [2.75, 3.05) is 0 Å². The molecule has 2 atom stereocenters. The van der Waals surface area contributed by atoms with E-state index < -0.39 is 28.8 Å². The second kappa shape index (κ2) is 6.45. The number of nitrogens with zero attached hydrogens (tertiary/aromatic N) is 4. The van der Waals surface area contributed by atoms with Crippen LogP contribution in [-0.4, -0.2) is 24.6 Å². The zero-order valence-corrected chi connectivity index (χ0v) is 15.2. The first kappa shape index (κ1) is 17.9. The molecular formula is C20H12F2N6O2. The zero-order valence-electron chi connectivity index (χ0n) is 15.2. The Labute approximate surface area is 166 Å². The number of nitriles is 1. The fraction of sp³-hybridized carbons (Fsp3) is 0.150. The van der Waals surface area contributed by atoms with Crippen LogP contribution in [0.5, 0.6) is 0 Å². The number of H-pyrrole nitrogens is 2. The predicted molar refractivity (Wildman–Crippen MR) is 101 cm³/mol. The molecule has 8 nitrogen and oxygen atoms in total. The van der Waals surface area contributed by atoms with E-state index in [-0.39, 0.29) is 22.6 Å². The molecule has 1 aliphatic rings. The zero-order chi connectivity index (χ0) is 21.0. The number of fused-ring (bicyclic) bond motifs is 1. The Kier molecular flexibility index (Phi) is 3.86. The fourth-order valence-electron chi connectivity index (χ4n) is 3.81. The van der Waals surface area contributed by atoms with Gasteiger partial charge in [0.2, 0.25) is 0 Å². The van der Waals surface area contributed by atoms with Crippen molar-refractivity contribution < 1.29 is 8.78 Å². The van der Waals surface area contributed by atoms with Gasteiger partial charge in [-0.25, -0.2) is 23.1 Å². The minimum absolute atomic E-state index is 0.0658. The molecule has 0 aliphatic heterocycles. The first-order chi connectivity index (χ1) is 14.5. The molecule has 1 aliphatic carbocycles. The van der Waals surface area contributed by atoms with Crippen LogP contribution < -0.4 is 11.2 Å². The molecule has 148 valence electrons. The molecule has 30 heavy (non-hydrogen) atoms. The lowest BCUT2D eigenvalue weighted by molar-refractivity contribution is 0.554. The van der Waals surface area contributed by atoms with E-state index in [4.69, 9.17) is 5.26 Å². The number of aromatic amines is 2. The molecule has 1 aromatic carbocycles. The molecule has 1 saturated carbocycles. The summed E-state index contributed by atoms with van der Waals surface area (Å²) >= 11 is 0. The van der Waals surface area contributed by atoms with E-state index in [1.165, 1.54) is 16.9 Å². The van der Waals surface area contributed by atoms with Crippen LogP contribution in [0.1, 0.15) is 34.9 Å². The number of nitrogens with one attached hydrogen (secondary N) is 2. The third-order valence-electron chi connectivity index (χ3n) is 5.25. The van der Waals surface area contributed by atoms with Crippen molar-refractivity contribution in [2.45, 2.75) is 18.3 Å². The van der Waals surface area contributed by atoms with Crippen molar-refractivity contribution in [3.63, 3.8) is 0 Å². The molecule has 3 heterocycles. The highest BCUT2D eigenvalue weighted by atomic mass is 19.1. The number of halogens is 2. The maximum atomic E-state index is 14.5. The highest BCUT2D eigenvalue weighted by Crippen LogP contribution is 2.56. The summed E-state index contributed by atoms with van der Waals surface area (Å²) in [7, 11) is 0. The van der Waals surface area contributed by atoms with E-state index in [1.807, 2.05) is 0 Å². The summed E-state index contributed by atoms with van der Waals surface area (Å²) in [6.07, 6.45) is 4.88. The van der Waals surface area contributed by atoms with Crippen LogP contribution in [0.2, 0.25) is 0 Å². The third kappa shape index (κ3) is 2.79. The molecule has 0 bridgehead atoms. The van der Waals surface area contributed by atoms with E-state index in [9.17, 15) is 18.4 Å². The molecule has 5 rings (SSSR count). The lowest BCUT2D eigenvalue weighted by Crippen LogP contribution is -2.23. The van der Waals surface area contributed by atoms with Gasteiger partial charge in [-0.1, -0.05) is 0 Å². The average molecular weight is 406 g/mol. The molecule has 0 spiro atoms. The van der Waals surface area contributed by atoms with Gasteiger partial charge in [0.15, 0.2) is 5.65 Å². The number of benzene rings is 1. The van der Waals surface area contributed by atoms with Gasteiger partial charge in [0.25, 0.3) is 5.56 Å². The van der Waals surface area contributed by atoms with Crippen LogP contribution in [0.15, 0.2) is 46.4 Å². The third-order valence-corrected chi connectivity index (χ3v) is 5.25. The minimum Gasteiger partial charge on any atom is -0.313 e. The van der Waals surface area contributed by atoms with Crippen molar-refractivity contribution in [1.82, 2.24) is 24.6 Å². The summed E-state index contributed by atoms with van der Waals surface area (Å²) in [5, 5.41) is 13.2. The lowest BCUT2D eigenvalue weighted by atomic mass is 10.0. The van der Waals surface area contributed by atoms with Gasteiger partial charge in [-0.05, 0) is 36.5 Å². The van der Waals surface area contributed by atoms with E-state index in [1.54, 1.807) is 18.3 Å². The maximum absolute atomic E-state index is 14.5. The van der Waals surface area contributed by atoms with E-state index in [2.05, 4.69) is 20.1 Å². The van der Waals surface area contributed by atoms with Crippen LogP contribution in [0.4, 0.5) is 8.78 Å². The van der Waals surface area contributed by atoms with Crippen LogP contribution in [0, 0.1) is 23.0 Å². The summed E-state index contributed by atoms with van der Waals surface area (Å²) in [6.45, 7) is 0. The van der Waals surface area contributed by atoms with Crippen molar-refractivity contribution in [1.29, 1.82) is 5.26 Å². The molecule has 0 unspecified atom stereocenters. The number of aromatic nitrogens is 5. The molecule has 0 radical (unpaired) electrons. The van der Waals surface area contributed by atoms with Gasteiger partial charge in [0.1, 0.15) is 11.6 Å². The number of rotatable bonds is 3. The van der Waals surface area contributed by atoms with Gasteiger partial charge in [-0.2, -0.15) is 10.4 Å². The van der Waals surface area contributed by atoms with E-state index in [0.717, 1.165) is 12.1 Å². The number of hydrogen-bond acceptors (Lipinski definition) is 5. The molecule has 3 aromatic heterocycles. The summed E-state index contributed by atoms with van der Waals surface area (Å²) in [5.41, 5.74) is 0.257. The SMILES string of the molecule is N#Cc1cc(F)c([C@H]2C[C@@H]2c2cc(-c3c[nH]c(=O)[nH]c3=O)nn3ccnc23)c(F)c1. The summed E-state index contributed by atoms with van der Waals surface area (Å²) in [6, 6.07) is 5.43. The Morgan fingerprint density at radius 1 is 1.17 bits per heavy atom. The molecule has 4 aromatic rings. The summed E-state index contributed by atoms with van der Waals surface area (Å²) < 4.78 is 30.4. The first-order valence-corrected chi connectivity index (χ1v) is 9.02. The molecule has 2 N–H and O–H groups in total. The Hall–Kier alpha value is -4.13. The second-order valence-corrected chi connectivity index (χ2v) is 7.08. The van der Waals surface area contributed by atoms with Crippen molar-refractivity contribution >= 4 is 5.65 Å². The quantitative estimate of drug-likeness (QED) is 0.541. The second-order valence-electron chi connectivity index (χ2n) is 7.08. The van der Waals surface area contributed by atoms with E-state index in [0.29, 0.717) is 23.3 Å². The Bertz CT molecular complexity index is 1460. The monoisotopic (exact) mass is 406 g/mol. The predicted octanol–water partition coefficient (Wildman–Crippen LogP) is 2.19.